The molecule has 13 heavy (non-hydrogen) atoms. The maximum Gasteiger partial charge on any atom is 0.194 e. The van der Waals surface area contributed by atoms with Crippen LogP contribution < -0.4 is 0 Å². The molecule has 0 fully saturated rings. The summed E-state index contributed by atoms with van der Waals surface area (Å²) in [7, 11) is 0. The van der Waals surface area contributed by atoms with Crippen LogP contribution in [0.4, 0.5) is 0 Å². The smallest absolute Gasteiger partial charge is 0.194 e. The predicted octanol–water partition coefficient (Wildman–Crippen LogP) is 1.08. The summed E-state index contributed by atoms with van der Waals surface area (Å²) in [5.74, 6) is 0.403. The van der Waals surface area contributed by atoms with Crippen LogP contribution in [0.2, 0.25) is 0 Å². The van der Waals surface area contributed by atoms with Crippen molar-refractivity contribution in [1.82, 2.24) is 14.9 Å². The van der Waals surface area contributed by atoms with Gasteiger partial charge < -0.3 is 5.41 Å². The minimum Gasteiger partial charge on any atom is -0.305 e. The van der Waals surface area contributed by atoms with Gasteiger partial charge in [0.25, 0.3) is 0 Å². The van der Waals surface area contributed by atoms with Crippen LogP contribution in [0.15, 0.2) is 23.6 Å². The summed E-state index contributed by atoms with van der Waals surface area (Å²) >= 11 is 0. The Morgan fingerprint density at radius 2 is 2.38 bits per heavy atom. The highest BCUT2D eigenvalue weighted by Crippen LogP contribution is 1.96. The van der Waals surface area contributed by atoms with E-state index >= 15 is 0 Å². The monoisotopic (exact) mass is 177 g/mol. The lowest BCUT2D eigenvalue weighted by Gasteiger charge is -1.98. The molecule has 1 heterocycles. The van der Waals surface area contributed by atoms with Crippen molar-refractivity contribution in [3.05, 3.63) is 24.3 Å². The van der Waals surface area contributed by atoms with Gasteiger partial charge in [0.1, 0.15) is 6.33 Å². The van der Waals surface area contributed by atoms with Gasteiger partial charge in [-0.05, 0) is 19.4 Å². The van der Waals surface area contributed by atoms with E-state index in [2.05, 4.69) is 21.9 Å². The molecule has 0 saturated carbocycles. The quantitative estimate of drug-likeness (QED) is 0.702. The van der Waals surface area contributed by atoms with Gasteiger partial charge in [0, 0.05) is 0 Å². The Bertz CT molecular complexity index is 360. The molecule has 1 N–H and O–H groups in total. The first-order chi connectivity index (χ1) is 6.15. The van der Waals surface area contributed by atoms with Gasteiger partial charge >= 0.3 is 0 Å². The minimum absolute atomic E-state index is 0.403. The topological polar surface area (TPSA) is 66.9 Å². The van der Waals surface area contributed by atoms with Crippen LogP contribution in [0.25, 0.3) is 0 Å². The second-order valence-electron chi connectivity index (χ2n) is 2.64. The number of rotatable bonds is 3. The number of allylic oxidation sites excluding steroid dienone is 1. The molecular weight excluding hydrogens is 166 g/mol. The Balaban J connectivity index is 3.03. The van der Waals surface area contributed by atoms with Gasteiger partial charge in [-0.25, -0.2) is 0 Å². The number of hydrogen-bond donors (Lipinski definition) is 1. The molecule has 0 unspecified atom stereocenters. The molecule has 1 aromatic rings. The summed E-state index contributed by atoms with van der Waals surface area (Å²) < 4.78 is 1.44. The van der Waals surface area contributed by atoms with Gasteiger partial charge in [-0.2, -0.15) is 9.78 Å². The van der Waals surface area contributed by atoms with Crippen LogP contribution in [-0.2, 0) is 0 Å². The summed E-state index contributed by atoms with van der Waals surface area (Å²) in [5, 5.41) is 18.5. The van der Waals surface area contributed by atoms with E-state index < -0.39 is 0 Å². The van der Waals surface area contributed by atoms with E-state index in [4.69, 9.17) is 5.41 Å². The molecule has 0 aliphatic rings. The fourth-order valence-electron chi connectivity index (χ4n) is 0.658. The Morgan fingerprint density at radius 1 is 1.69 bits per heavy atom. The zero-order valence-electron chi connectivity index (χ0n) is 7.65. The van der Waals surface area contributed by atoms with Gasteiger partial charge in [0.15, 0.2) is 5.82 Å². The van der Waals surface area contributed by atoms with Crippen molar-refractivity contribution >= 4 is 11.9 Å². The van der Waals surface area contributed by atoms with Crippen molar-refractivity contribution in [2.75, 3.05) is 0 Å². The van der Waals surface area contributed by atoms with Crippen molar-refractivity contribution in [2.45, 2.75) is 13.8 Å². The molecule has 5 heteroatoms. The summed E-state index contributed by atoms with van der Waals surface area (Å²) in [6.07, 6.45) is 2.55. The number of aromatic nitrogens is 3. The van der Waals surface area contributed by atoms with Crippen molar-refractivity contribution in [3.63, 3.8) is 0 Å². The third-order valence-electron chi connectivity index (χ3n) is 1.56. The van der Waals surface area contributed by atoms with Gasteiger partial charge in [0.05, 0.1) is 11.9 Å². The van der Waals surface area contributed by atoms with E-state index in [1.165, 1.54) is 11.0 Å². The van der Waals surface area contributed by atoms with Gasteiger partial charge in [-0.1, -0.05) is 6.58 Å². The van der Waals surface area contributed by atoms with Gasteiger partial charge in [-0.15, -0.1) is 10.2 Å². The third kappa shape index (κ3) is 2.08. The van der Waals surface area contributed by atoms with E-state index in [1.807, 2.05) is 13.8 Å². The lowest BCUT2D eigenvalue weighted by Crippen LogP contribution is -2.00. The van der Waals surface area contributed by atoms with Crippen LogP contribution >= 0.6 is 0 Å². The molecule has 0 amide bonds. The van der Waals surface area contributed by atoms with Gasteiger partial charge in [0.2, 0.25) is 0 Å². The lowest BCUT2D eigenvalue weighted by atomic mass is 10.2. The third-order valence-corrected chi connectivity index (χ3v) is 1.56. The molecule has 0 spiro atoms. The molecule has 1 rings (SSSR count). The molecule has 0 aliphatic heterocycles. The molecule has 0 bridgehead atoms. The standard InChI is InChI=1S/C8H11N5/c1-6(2)7(3)12-13-5-10-11-8(13)4-9/h4-5,9H,1H2,2-3H3/b9-4?,12-7-. The van der Waals surface area contributed by atoms with Crippen LogP contribution in [0.5, 0.6) is 0 Å². The maximum absolute atomic E-state index is 7.01. The average molecular weight is 177 g/mol. The fraction of sp³-hybridized carbons (Fsp3) is 0.250. The number of nitrogens with one attached hydrogen (secondary N) is 1. The highest BCUT2D eigenvalue weighted by molar-refractivity contribution is 5.97. The van der Waals surface area contributed by atoms with Crippen molar-refractivity contribution in [3.8, 4) is 0 Å². The SMILES string of the molecule is C=C(C)/C(C)=N\n1cnnc1C=N. The Labute approximate surface area is 76.3 Å². The number of hydrogen-bond acceptors (Lipinski definition) is 4. The van der Waals surface area contributed by atoms with Crippen molar-refractivity contribution in [1.29, 1.82) is 5.41 Å². The molecular formula is C8H11N5. The number of nitrogens with zero attached hydrogens (tertiary/aromatic N) is 4. The zero-order valence-corrected chi connectivity index (χ0v) is 7.65. The minimum atomic E-state index is 0.403. The lowest BCUT2D eigenvalue weighted by molar-refractivity contribution is 0.860. The van der Waals surface area contributed by atoms with Crippen LogP contribution in [-0.4, -0.2) is 26.8 Å². The molecule has 0 atom stereocenters. The fourth-order valence-corrected chi connectivity index (χ4v) is 0.658. The Morgan fingerprint density at radius 3 is 2.92 bits per heavy atom. The van der Waals surface area contributed by atoms with E-state index in [-0.39, 0.29) is 0 Å². The second kappa shape index (κ2) is 3.75. The average Bonchev–Trinajstić information content (AvgIpc) is 2.51. The van der Waals surface area contributed by atoms with E-state index in [1.54, 1.807) is 0 Å². The second-order valence-corrected chi connectivity index (χ2v) is 2.64. The summed E-state index contributed by atoms with van der Waals surface area (Å²) in [5.41, 5.74) is 1.67. The van der Waals surface area contributed by atoms with Crippen LogP contribution in [0.3, 0.4) is 0 Å². The predicted molar refractivity (Wildman–Crippen MR) is 51.2 cm³/mol. The molecule has 0 aromatic carbocycles. The maximum atomic E-state index is 7.01. The Hall–Kier alpha value is -1.78. The first-order valence-corrected chi connectivity index (χ1v) is 3.77. The summed E-state index contributed by atoms with van der Waals surface area (Å²) in [4.78, 5) is 0. The zero-order chi connectivity index (χ0) is 9.84. The van der Waals surface area contributed by atoms with E-state index in [9.17, 15) is 0 Å². The molecule has 5 nitrogen and oxygen atoms in total. The van der Waals surface area contributed by atoms with Crippen molar-refractivity contribution < 1.29 is 0 Å². The highest BCUT2D eigenvalue weighted by atomic mass is 15.4. The summed E-state index contributed by atoms with van der Waals surface area (Å²) in [6.45, 7) is 7.46. The summed E-state index contributed by atoms with van der Waals surface area (Å²) in [6, 6.07) is 0. The highest BCUT2D eigenvalue weighted by Gasteiger charge is 1.99. The molecule has 1 aromatic heterocycles. The molecule has 0 radical (unpaired) electrons. The van der Waals surface area contributed by atoms with Gasteiger partial charge in [-0.3, -0.25) is 0 Å². The first kappa shape index (κ1) is 9.31. The molecule has 68 valence electrons. The molecule has 0 saturated heterocycles. The Kier molecular flexibility index (Phi) is 2.69. The normalized spacial score (nSPS) is 11.4. The first-order valence-electron chi connectivity index (χ1n) is 3.77. The van der Waals surface area contributed by atoms with Crippen LogP contribution in [0.1, 0.15) is 19.7 Å². The van der Waals surface area contributed by atoms with Crippen molar-refractivity contribution in [2.24, 2.45) is 5.10 Å². The van der Waals surface area contributed by atoms with E-state index in [0.717, 1.165) is 17.5 Å². The van der Waals surface area contributed by atoms with E-state index in [0.29, 0.717) is 5.82 Å². The molecule has 0 aliphatic carbocycles. The van der Waals surface area contributed by atoms with Crippen LogP contribution in [0, 0.1) is 5.41 Å². The largest absolute Gasteiger partial charge is 0.305 e.